The Kier molecular flexibility index (Phi) is 10.2. The van der Waals surface area contributed by atoms with E-state index in [9.17, 15) is 24.3 Å². The molecular weight excluding hydrogens is 520 g/mol. The van der Waals surface area contributed by atoms with Crippen LogP contribution in [0.5, 0.6) is 0 Å². The second-order valence-electron chi connectivity index (χ2n) is 11.0. The van der Waals surface area contributed by atoms with Crippen LogP contribution in [0.15, 0.2) is 29.8 Å². The molecular formula is C28H38N4O6S. The van der Waals surface area contributed by atoms with Crippen LogP contribution in [0.4, 0.5) is 0 Å². The van der Waals surface area contributed by atoms with Crippen molar-refractivity contribution in [2.24, 2.45) is 5.41 Å². The number of aryl methyl sites for hydroxylation is 1. The number of carboxylic acids is 1. The fourth-order valence-electron chi connectivity index (χ4n) is 4.58. The van der Waals surface area contributed by atoms with Crippen LogP contribution in [-0.2, 0) is 25.7 Å². The lowest BCUT2D eigenvalue weighted by molar-refractivity contribution is -0.144. The zero-order valence-electron chi connectivity index (χ0n) is 22.9. The first-order chi connectivity index (χ1) is 18.4. The normalized spacial score (nSPS) is 18.0. The standard InChI is InChI=1S/C28H38N4O6S/c1-17-24(39-16-30-17)19-11-9-18(10-12-19)14-29-26(37)21-13-20(33)15-32(21)27(38)25(28(2,3)4)31-22(34)7-5-6-8-23(35)36/h9-12,16,20-21,25,33H,5-8,13-15H2,1-4H3,(H,29,37)(H,31,34)(H,35,36)/t20-,21-,25?/m0/s1. The average Bonchev–Trinajstić information content (AvgIpc) is 3.48. The van der Waals surface area contributed by atoms with E-state index in [1.165, 1.54) is 4.90 Å². The largest absolute Gasteiger partial charge is 0.481 e. The molecule has 39 heavy (non-hydrogen) atoms. The van der Waals surface area contributed by atoms with E-state index >= 15 is 0 Å². The van der Waals surface area contributed by atoms with Gasteiger partial charge in [0.2, 0.25) is 17.7 Å². The van der Waals surface area contributed by atoms with Crippen LogP contribution < -0.4 is 10.6 Å². The smallest absolute Gasteiger partial charge is 0.303 e. The number of amides is 3. The minimum absolute atomic E-state index is 0.000872. The van der Waals surface area contributed by atoms with Gasteiger partial charge < -0.3 is 25.7 Å². The Hall–Kier alpha value is -3.31. The highest BCUT2D eigenvalue weighted by atomic mass is 32.1. The molecule has 0 bridgehead atoms. The number of hydrogen-bond acceptors (Lipinski definition) is 7. The van der Waals surface area contributed by atoms with Gasteiger partial charge in [-0.25, -0.2) is 4.98 Å². The maximum atomic E-state index is 13.6. The Morgan fingerprint density at radius 1 is 1.13 bits per heavy atom. The highest BCUT2D eigenvalue weighted by molar-refractivity contribution is 7.13. The molecule has 0 spiro atoms. The van der Waals surface area contributed by atoms with E-state index in [1.807, 2.05) is 52.0 Å². The molecule has 10 nitrogen and oxygen atoms in total. The van der Waals surface area contributed by atoms with Gasteiger partial charge in [-0.05, 0) is 36.3 Å². The van der Waals surface area contributed by atoms with Gasteiger partial charge in [0.05, 0.1) is 22.2 Å². The van der Waals surface area contributed by atoms with Gasteiger partial charge in [-0.1, -0.05) is 45.0 Å². The van der Waals surface area contributed by atoms with Gasteiger partial charge in [0.25, 0.3) is 0 Å². The first-order valence-electron chi connectivity index (χ1n) is 13.1. The highest BCUT2D eigenvalue weighted by Gasteiger charge is 2.44. The molecule has 1 aliphatic heterocycles. The Morgan fingerprint density at radius 3 is 2.38 bits per heavy atom. The van der Waals surface area contributed by atoms with Gasteiger partial charge in [0.1, 0.15) is 12.1 Å². The lowest BCUT2D eigenvalue weighted by Crippen LogP contribution is -2.57. The molecule has 2 heterocycles. The van der Waals surface area contributed by atoms with Crippen molar-refractivity contribution in [3.8, 4) is 10.4 Å². The van der Waals surface area contributed by atoms with E-state index in [1.54, 1.807) is 16.8 Å². The zero-order valence-corrected chi connectivity index (χ0v) is 23.7. The molecule has 1 fully saturated rings. The number of carbonyl (C=O) groups excluding carboxylic acids is 3. The zero-order chi connectivity index (χ0) is 28.7. The van der Waals surface area contributed by atoms with Crippen molar-refractivity contribution in [1.82, 2.24) is 20.5 Å². The molecule has 3 amide bonds. The molecule has 1 aliphatic rings. The Labute approximate surface area is 232 Å². The summed E-state index contributed by atoms with van der Waals surface area (Å²) in [5.41, 5.74) is 4.07. The maximum Gasteiger partial charge on any atom is 0.303 e. The van der Waals surface area contributed by atoms with Crippen LogP contribution in [0, 0.1) is 12.3 Å². The van der Waals surface area contributed by atoms with Gasteiger partial charge in [-0.15, -0.1) is 11.3 Å². The molecule has 1 aromatic heterocycles. The fourth-order valence-corrected chi connectivity index (χ4v) is 5.39. The number of aliphatic hydroxyl groups excluding tert-OH is 1. The number of rotatable bonds is 11. The molecule has 0 saturated carbocycles. The van der Waals surface area contributed by atoms with Crippen LogP contribution in [0.1, 0.15) is 64.1 Å². The first kappa shape index (κ1) is 30.2. The van der Waals surface area contributed by atoms with Crippen LogP contribution in [0.2, 0.25) is 0 Å². The summed E-state index contributed by atoms with van der Waals surface area (Å²) < 4.78 is 0. The average molecular weight is 559 g/mol. The summed E-state index contributed by atoms with van der Waals surface area (Å²) in [5, 5.41) is 24.8. The fraction of sp³-hybridized carbons (Fsp3) is 0.536. The van der Waals surface area contributed by atoms with Crippen LogP contribution in [-0.4, -0.2) is 68.5 Å². The van der Waals surface area contributed by atoms with Crippen molar-refractivity contribution in [2.75, 3.05) is 6.54 Å². The highest BCUT2D eigenvalue weighted by Crippen LogP contribution is 2.28. The number of β-amino-alcohol motifs (C(OH)–C–C–N with tert-alkyl or cyclic N) is 1. The Balaban J connectivity index is 1.62. The molecule has 1 unspecified atom stereocenters. The number of likely N-dealkylation sites (tertiary alicyclic amines) is 1. The van der Waals surface area contributed by atoms with Crippen molar-refractivity contribution in [1.29, 1.82) is 0 Å². The van der Waals surface area contributed by atoms with E-state index in [2.05, 4.69) is 15.6 Å². The second kappa shape index (κ2) is 13.2. The quantitative estimate of drug-likeness (QED) is 0.310. The number of thiazole rings is 1. The van der Waals surface area contributed by atoms with E-state index in [0.29, 0.717) is 12.8 Å². The van der Waals surface area contributed by atoms with Gasteiger partial charge in [-0.2, -0.15) is 0 Å². The van der Waals surface area contributed by atoms with E-state index in [4.69, 9.17) is 5.11 Å². The number of hydrogen-bond donors (Lipinski definition) is 4. The third-order valence-corrected chi connectivity index (χ3v) is 7.73. The predicted molar refractivity (Wildman–Crippen MR) is 148 cm³/mol. The Bertz CT molecular complexity index is 1170. The number of carboxylic acid groups (broad SMARTS) is 1. The monoisotopic (exact) mass is 558 g/mol. The van der Waals surface area contributed by atoms with Gasteiger partial charge in [0, 0.05) is 32.4 Å². The van der Waals surface area contributed by atoms with Crippen molar-refractivity contribution in [3.63, 3.8) is 0 Å². The molecule has 0 radical (unpaired) electrons. The van der Waals surface area contributed by atoms with E-state index in [0.717, 1.165) is 21.7 Å². The minimum atomic E-state index is -0.918. The Morgan fingerprint density at radius 2 is 1.79 bits per heavy atom. The maximum absolute atomic E-state index is 13.6. The molecule has 2 aromatic rings. The van der Waals surface area contributed by atoms with Crippen molar-refractivity contribution < 1.29 is 29.4 Å². The van der Waals surface area contributed by atoms with E-state index < -0.39 is 35.5 Å². The summed E-state index contributed by atoms with van der Waals surface area (Å²) in [6.07, 6.45) is 0.0982. The number of aliphatic carboxylic acids is 1. The van der Waals surface area contributed by atoms with Crippen molar-refractivity contribution in [2.45, 2.75) is 84.5 Å². The number of unbranched alkanes of at least 4 members (excludes halogenated alkanes) is 1. The van der Waals surface area contributed by atoms with Crippen LogP contribution >= 0.6 is 11.3 Å². The second-order valence-corrected chi connectivity index (χ2v) is 11.9. The molecule has 212 valence electrons. The predicted octanol–water partition coefficient (Wildman–Crippen LogP) is 2.87. The molecule has 0 aliphatic carbocycles. The van der Waals surface area contributed by atoms with Crippen LogP contribution in [0.25, 0.3) is 10.4 Å². The molecule has 4 N–H and O–H groups in total. The number of carbonyl (C=O) groups is 4. The summed E-state index contributed by atoms with van der Waals surface area (Å²) in [6.45, 7) is 7.69. The molecule has 3 rings (SSSR count). The number of aliphatic hydroxyl groups is 1. The first-order valence-corrected chi connectivity index (χ1v) is 14.0. The summed E-state index contributed by atoms with van der Waals surface area (Å²) in [6, 6.07) is 6.06. The third kappa shape index (κ3) is 8.34. The summed E-state index contributed by atoms with van der Waals surface area (Å²) >= 11 is 1.57. The van der Waals surface area contributed by atoms with Crippen molar-refractivity contribution >= 4 is 35.0 Å². The minimum Gasteiger partial charge on any atom is -0.481 e. The summed E-state index contributed by atoms with van der Waals surface area (Å²) in [5.74, 6) is -2.07. The third-order valence-electron chi connectivity index (χ3n) is 6.76. The molecule has 1 aromatic carbocycles. The number of aromatic nitrogens is 1. The number of benzene rings is 1. The molecule has 3 atom stereocenters. The van der Waals surface area contributed by atoms with E-state index in [-0.39, 0.29) is 44.2 Å². The summed E-state index contributed by atoms with van der Waals surface area (Å²) in [7, 11) is 0. The van der Waals surface area contributed by atoms with Gasteiger partial charge in [-0.3, -0.25) is 19.2 Å². The van der Waals surface area contributed by atoms with Gasteiger partial charge in [0.15, 0.2) is 0 Å². The lowest BCUT2D eigenvalue weighted by atomic mass is 9.85. The molecule has 11 heteroatoms. The molecule has 1 saturated heterocycles. The number of nitrogens with zero attached hydrogens (tertiary/aromatic N) is 2. The van der Waals surface area contributed by atoms with Crippen LogP contribution in [0.3, 0.4) is 0 Å². The topological polar surface area (TPSA) is 149 Å². The number of nitrogens with one attached hydrogen (secondary N) is 2. The van der Waals surface area contributed by atoms with Gasteiger partial charge >= 0.3 is 5.97 Å². The summed E-state index contributed by atoms with van der Waals surface area (Å²) in [4.78, 5) is 56.7. The lowest BCUT2D eigenvalue weighted by Gasteiger charge is -2.35. The van der Waals surface area contributed by atoms with Crippen molar-refractivity contribution in [3.05, 3.63) is 41.0 Å². The SMILES string of the molecule is Cc1ncsc1-c1ccc(CNC(=O)[C@@H]2C[C@H](O)CN2C(=O)C(NC(=O)CCCCC(=O)O)C(C)(C)C)cc1.